The van der Waals surface area contributed by atoms with Crippen LogP contribution < -0.4 is 0 Å². The van der Waals surface area contributed by atoms with Gasteiger partial charge in [-0.25, -0.2) is 4.79 Å². The van der Waals surface area contributed by atoms with E-state index in [1.54, 1.807) is 16.2 Å². The van der Waals surface area contributed by atoms with Crippen LogP contribution in [-0.2, 0) is 27.3 Å². The van der Waals surface area contributed by atoms with Crippen molar-refractivity contribution in [1.82, 2.24) is 4.90 Å². The number of amides is 1. The molecule has 0 aliphatic carbocycles. The molecule has 0 aromatic carbocycles. The van der Waals surface area contributed by atoms with Gasteiger partial charge < -0.3 is 14.7 Å². The average molecular weight is 281 g/mol. The van der Waals surface area contributed by atoms with Gasteiger partial charge in [0.2, 0.25) is 0 Å². The molecule has 0 bridgehead atoms. The summed E-state index contributed by atoms with van der Waals surface area (Å²) in [5.74, 6) is -1.04. The van der Waals surface area contributed by atoms with Crippen LogP contribution >= 0.6 is 11.3 Å². The third kappa shape index (κ3) is 2.37. The van der Waals surface area contributed by atoms with Gasteiger partial charge in [0.1, 0.15) is 6.10 Å². The Morgan fingerprint density at radius 3 is 2.89 bits per heavy atom. The van der Waals surface area contributed by atoms with Gasteiger partial charge in [-0.15, -0.1) is 11.3 Å². The van der Waals surface area contributed by atoms with Crippen LogP contribution in [0, 0.1) is 0 Å². The number of ether oxygens (including phenoxy) is 1. The zero-order chi connectivity index (χ0) is 13.4. The number of fused-ring (bicyclic) bond motifs is 1. The Bertz CT molecular complexity index is 512. The van der Waals surface area contributed by atoms with Crippen molar-refractivity contribution in [2.75, 3.05) is 6.54 Å². The second kappa shape index (κ2) is 4.94. The van der Waals surface area contributed by atoms with Crippen LogP contribution in [-0.4, -0.2) is 40.6 Å². The Labute approximate surface area is 114 Å². The fraction of sp³-hybridized carbons (Fsp3) is 0.538. The summed E-state index contributed by atoms with van der Waals surface area (Å²) in [5.41, 5.74) is 1.32. The lowest BCUT2D eigenvalue weighted by atomic mass is 10.1. The maximum Gasteiger partial charge on any atom is 0.332 e. The summed E-state index contributed by atoms with van der Waals surface area (Å²) in [7, 11) is 0. The predicted octanol–water partition coefficient (Wildman–Crippen LogP) is 1.26. The average Bonchev–Trinajstić information content (AvgIpc) is 3.06. The molecule has 1 saturated heterocycles. The van der Waals surface area contributed by atoms with Gasteiger partial charge >= 0.3 is 5.97 Å². The Balaban J connectivity index is 1.65. The molecule has 19 heavy (non-hydrogen) atoms. The number of rotatable bonds is 2. The van der Waals surface area contributed by atoms with E-state index in [2.05, 4.69) is 6.07 Å². The molecule has 5 nitrogen and oxygen atoms in total. The highest BCUT2D eigenvalue weighted by Gasteiger charge is 2.37. The molecule has 1 aromatic heterocycles. The second-order valence-corrected chi connectivity index (χ2v) is 5.91. The Morgan fingerprint density at radius 1 is 1.37 bits per heavy atom. The molecule has 0 saturated carbocycles. The highest BCUT2D eigenvalue weighted by atomic mass is 32.1. The van der Waals surface area contributed by atoms with Crippen molar-refractivity contribution >= 4 is 23.2 Å². The maximum absolute atomic E-state index is 12.3. The van der Waals surface area contributed by atoms with Crippen LogP contribution in [0.3, 0.4) is 0 Å². The van der Waals surface area contributed by atoms with Gasteiger partial charge in [0, 0.05) is 11.4 Å². The molecule has 1 N–H and O–H groups in total. The largest absolute Gasteiger partial charge is 0.479 e. The third-order valence-corrected chi connectivity index (χ3v) is 4.65. The zero-order valence-electron chi connectivity index (χ0n) is 10.4. The van der Waals surface area contributed by atoms with E-state index in [0.717, 1.165) is 6.42 Å². The fourth-order valence-electron chi connectivity index (χ4n) is 2.63. The summed E-state index contributed by atoms with van der Waals surface area (Å²) in [5, 5.41) is 10.9. The van der Waals surface area contributed by atoms with Crippen LogP contribution in [0.2, 0.25) is 0 Å². The van der Waals surface area contributed by atoms with Crippen LogP contribution in [0.5, 0.6) is 0 Å². The summed E-state index contributed by atoms with van der Waals surface area (Å²) >= 11 is 1.67. The quantitative estimate of drug-likeness (QED) is 0.886. The summed E-state index contributed by atoms with van der Waals surface area (Å²) in [6, 6.07) is 2.11. The molecule has 6 heteroatoms. The Morgan fingerprint density at radius 2 is 2.16 bits per heavy atom. The molecular formula is C13H15NO4S. The normalized spacial score (nSPS) is 26.2. The Kier molecular flexibility index (Phi) is 3.28. The number of thiophene rings is 1. The molecule has 0 unspecified atom stereocenters. The van der Waals surface area contributed by atoms with Crippen LogP contribution in [0.15, 0.2) is 11.4 Å². The van der Waals surface area contributed by atoms with Gasteiger partial charge in [0.15, 0.2) is 6.10 Å². The minimum atomic E-state index is -0.977. The molecule has 1 aromatic rings. The molecule has 102 valence electrons. The lowest BCUT2D eigenvalue weighted by Gasteiger charge is -2.29. The standard InChI is InChI=1S/C13H15NO4S/c15-12(9-1-2-10(18-9)13(16)17)14-5-3-8-4-6-19-11(8)7-14/h4,6,9-10H,1-3,5,7H2,(H,16,17)/t9-,10+/m0/s1. The lowest BCUT2D eigenvalue weighted by molar-refractivity contribution is -0.155. The smallest absolute Gasteiger partial charge is 0.332 e. The SMILES string of the molecule is O=C(O)[C@H]1CC[C@@H](C(=O)N2CCc3ccsc3C2)O1. The molecule has 1 fully saturated rings. The van der Waals surface area contributed by atoms with Crippen LogP contribution in [0.4, 0.5) is 0 Å². The third-order valence-electron chi connectivity index (χ3n) is 3.71. The number of hydrogen-bond acceptors (Lipinski definition) is 4. The van der Waals surface area contributed by atoms with Crippen LogP contribution in [0.25, 0.3) is 0 Å². The monoisotopic (exact) mass is 281 g/mol. The molecule has 3 rings (SSSR count). The molecule has 2 aliphatic heterocycles. The van der Waals surface area contributed by atoms with E-state index in [0.29, 0.717) is 25.9 Å². The number of hydrogen-bond donors (Lipinski definition) is 1. The van der Waals surface area contributed by atoms with E-state index in [1.165, 1.54) is 10.4 Å². The minimum Gasteiger partial charge on any atom is -0.479 e. The summed E-state index contributed by atoms with van der Waals surface area (Å²) < 4.78 is 5.32. The number of carbonyl (C=O) groups is 2. The topological polar surface area (TPSA) is 66.8 Å². The van der Waals surface area contributed by atoms with Crippen molar-refractivity contribution in [2.45, 2.75) is 38.0 Å². The first-order valence-electron chi connectivity index (χ1n) is 6.37. The van der Waals surface area contributed by atoms with Crippen LogP contribution in [0.1, 0.15) is 23.3 Å². The number of carbonyl (C=O) groups excluding carboxylic acids is 1. The zero-order valence-corrected chi connectivity index (χ0v) is 11.2. The predicted molar refractivity (Wildman–Crippen MR) is 69.0 cm³/mol. The summed E-state index contributed by atoms with van der Waals surface area (Å²) in [4.78, 5) is 26.2. The summed E-state index contributed by atoms with van der Waals surface area (Å²) in [6.07, 6.45) is 0.395. The van der Waals surface area contributed by atoms with E-state index in [9.17, 15) is 9.59 Å². The van der Waals surface area contributed by atoms with Gasteiger partial charge in [0.05, 0.1) is 6.54 Å². The first-order chi connectivity index (χ1) is 9.15. The number of carboxylic acid groups (broad SMARTS) is 1. The molecule has 3 heterocycles. The number of aliphatic carboxylic acids is 1. The molecule has 1 amide bonds. The van der Waals surface area contributed by atoms with E-state index in [1.807, 2.05) is 5.38 Å². The molecule has 2 aliphatic rings. The summed E-state index contributed by atoms with van der Waals surface area (Å²) in [6.45, 7) is 1.32. The van der Waals surface area contributed by atoms with Crippen molar-refractivity contribution in [3.8, 4) is 0 Å². The highest BCUT2D eigenvalue weighted by Crippen LogP contribution is 2.27. The van der Waals surface area contributed by atoms with Crippen molar-refractivity contribution in [3.05, 3.63) is 21.9 Å². The van der Waals surface area contributed by atoms with Gasteiger partial charge in [-0.1, -0.05) is 0 Å². The van der Waals surface area contributed by atoms with E-state index in [-0.39, 0.29) is 5.91 Å². The molecule has 0 spiro atoms. The first-order valence-corrected chi connectivity index (χ1v) is 7.25. The first kappa shape index (κ1) is 12.6. The van der Waals surface area contributed by atoms with E-state index in [4.69, 9.17) is 9.84 Å². The van der Waals surface area contributed by atoms with Crippen molar-refractivity contribution < 1.29 is 19.4 Å². The highest BCUT2D eigenvalue weighted by molar-refractivity contribution is 7.10. The number of nitrogens with zero attached hydrogens (tertiary/aromatic N) is 1. The van der Waals surface area contributed by atoms with Gasteiger partial charge in [-0.3, -0.25) is 4.79 Å². The molecule has 0 radical (unpaired) electrons. The van der Waals surface area contributed by atoms with Gasteiger partial charge in [-0.05, 0) is 36.3 Å². The minimum absolute atomic E-state index is 0.0669. The van der Waals surface area contributed by atoms with Crippen molar-refractivity contribution in [1.29, 1.82) is 0 Å². The lowest BCUT2D eigenvalue weighted by Crippen LogP contribution is -2.42. The second-order valence-electron chi connectivity index (χ2n) is 4.91. The van der Waals surface area contributed by atoms with E-state index < -0.39 is 18.2 Å². The van der Waals surface area contributed by atoms with Gasteiger partial charge in [-0.2, -0.15) is 0 Å². The van der Waals surface area contributed by atoms with E-state index >= 15 is 0 Å². The van der Waals surface area contributed by atoms with Gasteiger partial charge in [0.25, 0.3) is 5.91 Å². The molecular weight excluding hydrogens is 266 g/mol. The van der Waals surface area contributed by atoms with Crippen molar-refractivity contribution in [3.63, 3.8) is 0 Å². The Hall–Kier alpha value is -1.40. The van der Waals surface area contributed by atoms with Crippen molar-refractivity contribution in [2.24, 2.45) is 0 Å². The number of carboxylic acids is 1. The fourth-order valence-corrected chi connectivity index (χ4v) is 3.58. The molecule has 2 atom stereocenters. The maximum atomic E-state index is 12.3.